The number of hydrogen-bond acceptors (Lipinski definition) is 6. The third-order valence-corrected chi connectivity index (χ3v) is 3.24. The SMILES string of the molecule is CC(CO)OCC(C)Oc1ccc(OC(C)COC(C)CO)cc1. The normalized spacial score (nSPS) is 16.2. The van der Waals surface area contributed by atoms with E-state index in [1.807, 2.05) is 52.0 Å². The molecule has 0 amide bonds. The first-order valence-electron chi connectivity index (χ1n) is 8.32. The van der Waals surface area contributed by atoms with Gasteiger partial charge in [-0.1, -0.05) is 0 Å². The minimum Gasteiger partial charge on any atom is -0.488 e. The molecule has 0 aliphatic rings. The van der Waals surface area contributed by atoms with Crippen LogP contribution in [0.4, 0.5) is 0 Å². The molecule has 0 saturated carbocycles. The van der Waals surface area contributed by atoms with Gasteiger partial charge < -0.3 is 29.2 Å². The summed E-state index contributed by atoms with van der Waals surface area (Å²) in [6.45, 7) is 8.27. The van der Waals surface area contributed by atoms with Crippen molar-refractivity contribution in [2.75, 3.05) is 26.4 Å². The number of rotatable bonds is 12. The van der Waals surface area contributed by atoms with E-state index >= 15 is 0 Å². The molecule has 24 heavy (non-hydrogen) atoms. The van der Waals surface area contributed by atoms with Crippen molar-refractivity contribution in [2.24, 2.45) is 0 Å². The predicted molar refractivity (Wildman–Crippen MR) is 91.6 cm³/mol. The van der Waals surface area contributed by atoms with Gasteiger partial charge in [-0.3, -0.25) is 0 Å². The summed E-state index contributed by atoms with van der Waals surface area (Å²) in [5, 5.41) is 17.8. The molecule has 6 nitrogen and oxygen atoms in total. The third kappa shape index (κ3) is 8.49. The fourth-order valence-corrected chi connectivity index (χ4v) is 1.83. The Kier molecular flexibility index (Phi) is 9.71. The Morgan fingerprint density at radius 1 is 0.667 bits per heavy atom. The van der Waals surface area contributed by atoms with E-state index in [1.165, 1.54) is 0 Å². The second-order valence-electron chi connectivity index (χ2n) is 5.98. The Hall–Kier alpha value is -1.34. The van der Waals surface area contributed by atoms with E-state index < -0.39 is 0 Å². The Bertz CT molecular complexity index is 395. The molecule has 0 radical (unpaired) electrons. The van der Waals surface area contributed by atoms with Crippen LogP contribution in [0.5, 0.6) is 11.5 Å². The van der Waals surface area contributed by atoms with Crippen LogP contribution >= 0.6 is 0 Å². The van der Waals surface area contributed by atoms with Crippen LogP contribution in [0.3, 0.4) is 0 Å². The van der Waals surface area contributed by atoms with Crippen LogP contribution in [0.2, 0.25) is 0 Å². The maximum atomic E-state index is 8.92. The minimum atomic E-state index is -0.191. The predicted octanol–water partition coefficient (Wildman–Crippen LogP) is 2.02. The zero-order valence-corrected chi connectivity index (χ0v) is 15.0. The fourth-order valence-electron chi connectivity index (χ4n) is 1.83. The van der Waals surface area contributed by atoms with Crippen molar-refractivity contribution in [3.8, 4) is 11.5 Å². The molecule has 1 aromatic rings. The maximum absolute atomic E-state index is 8.92. The summed E-state index contributed by atoms with van der Waals surface area (Å²) in [5.74, 6) is 1.46. The molecule has 1 rings (SSSR count). The molecule has 0 spiro atoms. The standard InChI is InChI=1S/C18H30O6/c1-13(9-19)21-11-15(3)23-17-5-7-18(8-6-17)24-16(4)12-22-14(2)10-20/h5-8,13-16,19-20H,9-12H2,1-4H3. The summed E-state index contributed by atoms with van der Waals surface area (Å²) < 4.78 is 22.3. The fraction of sp³-hybridized carbons (Fsp3) is 0.667. The Labute approximate surface area is 144 Å². The van der Waals surface area contributed by atoms with Gasteiger partial charge in [0.2, 0.25) is 0 Å². The summed E-state index contributed by atoms with van der Waals surface area (Å²) in [7, 11) is 0. The number of benzene rings is 1. The first-order valence-corrected chi connectivity index (χ1v) is 8.32. The molecule has 1 aromatic carbocycles. The largest absolute Gasteiger partial charge is 0.488 e. The second-order valence-corrected chi connectivity index (χ2v) is 5.98. The van der Waals surface area contributed by atoms with E-state index in [4.69, 9.17) is 29.2 Å². The van der Waals surface area contributed by atoms with Gasteiger partial charge in [-0.15, -0.1) is 0 Å². The van der Waals surface area contributed by atoms with Crippen molar-refractivity contribution in [2.45, 2.75) is 52.1 Å². The zero-order chi connectivity index (χ0) is 17.9. The first kappa shape index (κ1) is 20.7. The van der Waals surface area contributed by atoms with Crippen LogP contribution in [-0.2, 0) is 9.47 Å². The van der Waals surface area contributed by atoms with E-state index in [2.05, 4.69) is 0 Å². The first-order chi connectivity index (χ1) is 11.4. The van der Waals surface area contributed by atoms with Gasteiger partial charge in [0.05, 0.1) is 38.6 Å². The Morgan fingerprint density at radius 2 is 1.00 bits per heavy atom. The van der Waals surface area contributed by atoms with Crippen molar-refractivity contribution in [3.05, 3.63) is 24.3 Å². The van der Waals surface area contributed by atoms with Crippen molar-refractivity contribution in [1.29, 1.82) is 0 Å². The molecule has 0 aromatic heterocycles. The Balaban J connectivity index is 2.36. The van der Waals surface area contributed by atoms with Crippen LogP contribution in [0, 0.1) is 0 Å². The van der Waals surface area contributed by atoms with Gasteiger partial charge in [-0.05, 0) is 52.0 Å². The zero-order valence-electron chi connectivity index (χ0n) is 15.0. The molecule has 0 heterocycles. The van der Waals surface area contributed by atoms with Crippen LogP contribution in [0.1, 0.15) is 27.7 Å². The van der Waals surface area contributed by atoms with Crippen molar-refractivity contribution in [3.63, 3.8) is 0 Å². The smallest absolute Gasteiger partial charge is 0.120 e. The van der Waals surface area contributed by atoms with E-state index in [-0.39, 0.29) is 37.6 Å². The summed E-state index contributed by atoms with van der Waals surface area (Å²) in [6.07, 6.45) is -0.607. The topological polar surface area (TPSA) is 77.4 Å². The summed E-state index contributed by atoms with van der Waals surface area (Å²) in [5.41, 5.74) is 0. The number of hydrogen-bond donors (Lipinski definition) is 2. The number of aliphatic hydroxyl groups is 2. The molecule has 2 N–H and O–H groups in total. The molecule has 4 atom stereocenters. The van der Waals surface area contributed by atoms with Crippen molar-refractivity contribution in [1.82, 2.24) is 0 Å². The monoisotopic (exact) mass is 342 g/mol. The maximum Gasteiger partial charge on any atom is 0.120 e. The molecule has 0 bridgehead atoms. The Morgan fingerprint density at radius 3 is 1.29 bits per heavy atom. The van der Waals surface area contributed by atoms with E-state index in [9.17, 15) is 0 Å². The molecule has 0 saturated heterocycles. The van der Waals surface area contributed by atoms with Gasteiger partial charge in [0, 0.05) is 0 Å². The highest BCUT2D eigenvalue weighted by Gasteiger charge is 2.09. The van der Waals surface area contributed by atoms with Crippen molar-refractivity contribution < 1.29 is 29.2 Å². The molecular weight excluding hydrogens is 312 g/mol. The van der Waals surface area contributed by atoms with E-state index in [0.29, 0.717) is 13.2 Å². The van der Waals surface area contributed by atoms with Gasteiger partial charge in [-0.25, -0.2) is 0 Å². The molecule has 0 fully saturated rings. The quantitative estimate of drug-likeness (QED) is 0.605. The minimum absolute atomic E-state index is 0.00225. The van der Waals surface area contributed by atoms with Gasteiger partial charge in [0.15, 0.2) is 0 Å². The van der Waals surface area contributed by atoms with Gasteiger partial charge in [0.1, 0.15) is 23.7 Å². The molecule has 138 valence electrons. The highest BCUT2D eigenvalue weighted by atomic mass is 16.5. The van der Waals surface area contributed by atoms with Gasteiger partial charge in [-0.2, -0.15) is 0 Å². The molecule has 6 heteroatoms. The lowest BCUT2D eigenvalue weighted by Crippen LogP contribution is -2.24. The van der Waals surface area contributed by atoms with Crippen LogP contribution < -0.4 is 9.47 Å². The highest BCUT2D eigenvalue weighted by molar-refractivity contribution is 5.31. The molecular formula is C18H30O6. The van der Waals surface area contributed by atoms with Crippen LogP contribution in [0.25, 0.3) is 0 Å². The third-order valence-electron chi connectivity index (χ3n) is 3.24. The van der Waals surface area contributed by atoms with E-state index in [1.54, 1.807) is 0 Å². The number of ether oxygens (including phenoxy) is 4. The summed E-state index contributed by atoms with van der Waals surface area (Å²) in [4.78, 5) is 0. The average Bonchev–Trinajstić information content (AvgIpc) is 2.59. The summed E-state index contributed by atoms with van der Waals surface area (Å²) in [6, 6.07) is 7.35. The lowest BCUT2D eigenvalue weighted by atomic mass is 10.3. The van der Waals surface area contributed by atoms with Crippen molar-refractivity contribution >= 4 is 0 Å². The molecule has 4 unspecified atom stereocenters. The molecule has 0 aliphatic heterocycles. The summed E-state index contributed by atoms with van der Waals surface area (Å²) >= 11 is 0. The lowest BCUT2D eigenvalue weighted by molar-refractivity contribution is -0.0117. The van der Waals surface area contributed by atoms with Gasteiger partial charge in [0.25, 0.3) is 0 Å². The van der Waals surface area contributed by atoms with Crippen LogP contribution in [0.15, 0.2) is 24.3 Å². The van der Waals surface area contributed by atoms with E-state index in [0.717, 1.165) is 11.5 Å². The highest BCUT2D eigenvalue weighted by Crippen LogP contribution is 2.20. The second kappa shape index (κ2) is 11.3. The van der Waals surface area contributed by atoms with Crippen LogP contribution in [-0.4, -0.2) is 61.1 Å². The lowest BCUT2D eigenvalue weighted by Gasteiger charge is -2.19. The van der Waals surface area contributed by atoms with Gasteiger partial charge >= 0.3 is 0 Å². The number of aliphatic hydroxyl groups excluding tert-OH is 2. The average molecular weight is 342 g/mol. The molecule has 0 aliphatic carbocycles.